The first-order chi connectivity index (χ1) is 9.35. The van der Waals surface area contributed by atoms with Gasteiger partial charge in [-0.05, 0) is 26.2 Å². The Kier molecular flexibility index (Phi) is 4.75. The molecule has 0 bridgehead atoms. The largest absolute Gasteiger partial charge is 0.433 e. The van der Waals surface area contributed by atoms with Gasteiger partial charge in [0, 0.05) is 12.1 Å². The van der Waals surface area contributed by atoms with Crippen LogP contribution in [0.4, 0.5) is 13.2 Å². The van der Waals surface area contributed by atoms with Crippen LogP contribution < -0.4 is 5.32 Å². The van der Waals surface area contributed by atoms with Crippen molar-refractivity contribution in [2.24, 2.45) is 5.41 Å². The normalized spacial score (nSPS) is 14.4. The molecule has 0 aliphatic carbocycles. The van der Waals surface area contributed by atoms with Crippen molar-refractivity contribution >= 4 is 5.91 Å². The first kappa shape index (κ1) is 17.5. The first-order valence-electron chi connectivity index (χ1n) is 6.81. The van der Waals surface area contributed by atoms with Crippen LogP contribution >= 0.6 is 0 Å². The molecule has 4 nitrogen and oxygen atoms in total. The van der Waals surface area contributed by atoms with Crippen LogP contribution in [0.25, 0.3) is 0 Å². The van der Waals surface area contributed by atoms with Crippen molar-refractivity contribution in [2.45, 2.75) is 59.8 Å². The number of hydrogen-bond acceptors (Lipinski definition) is 2. The van der Waals surface area contributed by atoms with Gasteiger partial charge in [-0.15, -0.1) is 0 Å². The summed E-state index contributed by atoms with van der Waals surface area (Å²) in [6, 6.07) is -0.753. The molecule has 1 aromatic rings. The van der Waals surface area contributed by atoms with Crippen LogP contribution in [-0.4, -0.2) is 21.7 Å². The maximum Gasteiger partial charge on any atom is 0.433 e. The smallest absolute Gasteiger partial charge is 0.349 e. The van der Waals surface area contributed by atoms with E-state index < -0.39 is 29.4 Å². The predicted octanol–water partition coefficient (Wildman–Crippen LogP) is 3.65. The molecule has 0 radical (unpaired) electrons. The molecule has 1 amide bonds. The van der Waals surface area contributed by atoms with E-state index in [9.17, 15) is 18.0 Å². The lowest BCUT2D eigenvalue weighted by molar-refractivity contribution is -0.145. The Hall–Kier alpha value is -1.53. The number of nitrogens with zero attached hydrogens (tertiary/aromatic N) is 2. The summed E-state index contributed by atoms with van der Waals surface area (Å²) in [5.41, 5.74) is -1.69. The lowest BCUT2D eigenvalue weighted by atomic mass is 9.88. The van der Waals surface area contributed by atoms with Crippen molar-refractivity contribution in [3.63, 3.8) is 0 Å². The van der Waals surface area contributed by atoms with Gasteiger partial charge in [-0.1, -0.05) is 20.8 Å². The van der Waals surface area contributed by atoms with Crippen molar-refractivity contribution < 1.29 is 18.0 Å². The molecule has 0 spiro atoms. The Morgan fingerprint density at radius 1 is 1.24 bits per heavy atom. The first-order valence-corrected chi connectivity index (χ1v) is 6.81. The Morgan fingerprint density at radius 3 is 2.14 bits per heavy atom. The maximum atomic E-state index is 13.2. The van der Waals surface area contributed by atoms with Gasteiger partial charge in [0.25, 0.3) is 5.91 Å². The van der Waals surface area contributed by atoms with Crippen molar-refractivity contribution in [1.29, 1.82) is 0 Å². The van der Waals surface area contributed by atoms with E-state index in [2.05, 4.69) is 10.4 Å². The van der Waals surface area contributed by atoms with E-state index >= 15 is 0 Å². The molecule has 1 heterocycles. The predicted molar refractivity (Wildman–Crippen MR) is 74.0 cm³/mol. The molecule has 0 aromatic carbocycles. The molecule has 1 atom stereocenters. The van der Waals surface area contributed by atoms with Crippen LogP contribution in [0.3, 0.4) is 0 Å². The monoisotopic (exact) mass is 305 g/mol. The molecule has 0 aliphatic rings. The highest BCUT2D eigenvalue weighted by atomic mass is 19.4. The van der Waals surface area contributed by atoms with Gasteiger partial charge in [0.05, 0.1) is 11.8 Å². The minimum absolute atomic E-state index is 0.248. The average molecular weight is 305 g/mol. The molecule has 1 aromatic heterocycles. The quantitative estimate of drug-likeness (QED) is 0.926. The molecule has 0 saturated heterocycles. The molecule has 7 heteroatoms. The van der Waals surface area contributed by atoms with Gasteiger partial charge >= 0.3 is 6.18 Å². The number of halogens is 3. The van der Waals surface area contributed by atoms with E-state index in [1.807, 2.05) is 20.8 Å². The minimum Gasteiger partial charge on any atom is -0.349 e. The van der Waals surface area contributed by atoms with Gasteiger partial charge in [-0.3, -0.25) is 9.48 Å². The molecule has 0 fully saturated rings. The molecule has 120 valence electrons. The summed E-state index contributed by atoms with van der Waals surface area (Å²) >= 11 is 0. The highest BCUT2D eigenvalue weighted by Crippen LogP contribution is 2.33. The topological polar surface area (TPSA) is 46.9 Å². The maximum absolute atomic E-state index is 13.2. The van der Waals surface area contributed by atoms with E-state index in [0.29, 0.717) is 0 Å². The Balaban J connectivity index is 3.17. The van der Waals surface area contributed by atoms with Gasteiger partial charge in [-0.25, -0.2) is 0 Å². The Bertz CT molecular complexity index is 513. The molecule has 0 aliphatic heterocycles. The van der Waals surface area contributed by atoms with Gasteiger partial charge in [0.2, 0.25) is 0 Å². The fraction of sp³-hybridized carbons (Fsp3) is 0.714. The standard InChI is InChI=1S/C14H22F3N3O/c1-8(2)20-11(14(15,16)17)10(7-18-20)12(21)19-9(3)13(4,5)6/h7-9H,1-6H3,(H,19,21)/t9-/m1/s1. The van der Waals surface area contributed by atoms with Crippen LogP contribution in [0, 0.1) is 5.41 Å². The number of amides is 1. The second-order valence-electron chi connectivity index (χ2n) is 6.50. The lowest BCUT2D eigenvalue weighted by Gasteiger charge is -2.28. The molecule has 1 N–H and O–H groups in total. The van der Waals surface area contributed by atoms with Crippen LogP contribution in [0.5, 0.6) is 0 Å². The van der Waals surface area contributed by atoms with Crippen LogP contribution in [0.15, 0.2) is 6.20 Å². The molecule has 21 heavy (non-hydrogen) atoms. The highest BCUT2D eigenvalue weighted by molar-refractivity contribution is 5.95. The number of carbonyl (C=O) groups is 1. The second kappa shape index (κ2) is 5.69. The van der Waals surface area contributed by atoms with Crippen LogP contribution in [-0.2, 0) is 6.18 Å². The van der Waals surface area contributed by atoms with E-state index in [-0.39, 0.29) is 11.5 Å². The number of alkyl halides is 3. The van der Waals surface area contributed by atoms with Crippen molar-refractivity contribution in [1.82, 2.24) is 15.1 Å². The number of hydrogen-bond donors (Lipinski definition) is 1. The molecule has 0 saturated carbocycles. The number of aromatic nitrogens is 2. The van der Waals surface area contributed by atoms with E-state index in [0.717, 1.165) is 10.9 Å². The summed E-state index contributed by atoms with van der Waals surface area (Å²) in [5.74, 6) is -0.753. The Labute approximate surface area is 122 Å². The zero-order valence-electron chi connectivity index (χ0n) is 13.2. The average Bonchev–Trinajstić information content (AvgIpc) is 2.71. The SMILES string of the molecule is CC(C)n1ncc(C(=O)N[C@H](C)C(C)(C)C)c1C(F)(F)F. The zero-order valence-corrected chi connectivity index (χ0v) is 13.2. The number of carbonyl (C=O) groups excluding carboxylic acids is 1. The van der Waals surface area contributed by atoms with Crippen molar-refractivity contribution in [3.05, 3.63) is 17.5 Å². The number of rotatable bonds is 3. The fourth-order valence-electron chi connectivity index (χ4n) is 1.69. The fourth-order valence-corrected chi connectivity index (χ4v) is 1.69. The van der Waals surface area contributed by atoms with Crippen molar-refractivity contribution in [3.8, 4) is 0 Å². The zero-order chi connectivity index (χ0) is 16.6. The van der Waals surface area contributed by atoms with Crippen molar-refractivity contribution in [2.75, 3.05) is 0 Å². The molecule has 0 unspecified atom stereocenters. The number of nitrogens with one attached hydrogen (secondary N) is 1. The van der Waals surface area contributed by atoms with Crippen LogP contribution in [0.1, 0.15) is 63.6 Å². The van der Waals surface area contributed by atoms with Gasteiger partial charge in [0.1, 0.15) is 0 Å². The van der Waals surface area contributed by atoms with E-state index in [1.165, 1.54) is 0 Å². The molecular weight excluding hydrogens is 283 g/mol. The third-order valence-electron chi connectivity index (χ3n) is 3.44. The summed E-state index contributed by atoms with van der Waals surface area (Å²) < 4.78 is 40.4. The van der Waals surface area contributed by atoms with Gasteiger partial charge in [0.15, 0.2) is 5.69 Å². The molecular formula is C14H22F3N3O. The Morgan fingerprint density at radius 2 is 1.76 bits per heavy atom. The third-order valence-corrected chi connectivity index (χ3v) is 3.44. The minimum atomic E-state index is -4.63. The summed E-state index contributed by atoms with van der Waals surface area (Å²) in [6.07, 6.45) is -3.65. The lowest BCUT2D eigenvalue weighted by Crippen LogP contribution is -2.42. The summed E-state index contributed by atoms with van der Waals surface area (Å²) in [6.45, 7) is 10.6. The summed E-state index contributed by atoms with van der Waals surface area (Å²) in [7, 11) is 0. The summed E-state index contributed by atoms with van der Waals surface area (Å²) in [4.78, 5) is 12.1. The second-order valence-corrected chi connectivity index (χ2v) is 6.50. The highest BCUT2D eigenvalue weighted by Gasteiger charge is 2.41. The van der Waals surface area contributed by atoms with Gasteiger partial charge < -0.3 is 5.32 Å². The van der Waals surface area contributed by atoms with Crippen LogP contribution in [0.2, 0.25) is 0 Å². The van der Waals surface area contributed by atoms with Gasteiger partial charge in [-0.2, -0.15) is 18.3 Å². The summed E-state index contributed by atoms with van der Waals surface area (Å²) in [5, 5.41) is 6.32. The van der Waals surface area contributed by atoms with E-state index in [1.54, 1.807) is 20.8 Å². The third kappa shape index (κ3) is 3.98. The van der Waals surface area contributed by atoms with E-state index in [4.69, 9.17) is 0 Å². The molecule has 1 rings (SSSR count).